The molecule has 0 fully saturated rings. The fourth-order valence-corrected chi connectivity index (χ4v) is 3.19. The SMILES string of the molecule is Cc1ccc(C(=O)NCc2cc(Br)cs2)c(C#CCO)c1. The van der Waals surface area contributed by atoms with Crippen molar-refractivity contribution in [2.24, 2.45) is 0 Å². The van der Waals surface area contributed by atoms with Gasteiger partial charge in [-0.05, 0) is 46.6 Å². The molecule has 0 aliphatic heterocycles. The summed E-state index contributed by atoms with van der Waals surface area (Å²) in [5, 5.41) is 13.7. The van der Waals surface area contributed by atoms with E-state index in [0.29, 0.717) is 17.7 Å². The number of aliphatic hydroxyl groups excluding tert-OH is 1. The molecule has 0 spiro atoms. The normalized spacial score (nSPS) is 9.86. The molecule has 108 valence electrons. The Morgan fingerprint density at radius 1 is 1.43 bits per heavy atom. The fraction of sp³-hybridized carbons (Fsp3) is 0.188. The zero-order valence-electron chi connectivity index (χ0n) is 11.4. The van der Waals surface area contributed by atoms with Gasteiger partial charge in [-0.3, -0.25) is 4.79 Å². The van der Waals surface area contributed by atoms with Gasteiger partial charge < -0.3 is 10.4 Å². The number of nitrogens with one attached hydrogen (secondary N) is 1. The Morgan fingerprint density at radius 3 is 2.90 bits per heavy atom. The van der Waals surface area contributed by atoms with E-state index in [4.69, 9.17) is 5.11 Å². The molecule has 1 aromatic heterocycles. The Bertz CT molecular complexity index is 713. The van der Waals surface area contributed by atoms with Crippen LogP contribution >= 0.6 is 27.3 Å². The number of carbonyl (C=O) groups is 1. The van der Waals surface area contributed by atoms with Gasteiger partial charge in [0.1, 0.15) is 6.61 Å². The quantitative estimate of drug-likeness (QED) is 0.823. The molecule has 1 heterocycles. The van der Waals surface area contributed by atoms with Gasteiger partial charge in [0.15, 0.2) is 0 Å². The smallest absolute Gasteiger partial charge is 0.252 e. The summed E-state index contributed by atoms with van der Waals surface area (Å²) in [6.07, 6.45) is 0. The van der Waals surface area contributed by atoms with Crippen molar-refractivity contribution in [3.8, 4) is 11.8 Å². The molecule has 21 heavy (non-hydrogen) atoms. The number of benzene rings is 1. The van der Waals surface area contributed by atoms with Gasteiger partial charge in [-0.15, -0.1) is 11.3 Å². The van der Waals surface area contributed by atoms with E-state index in [-0.39, 0.29) is 12.5 Å². The first-order valence-electron chi connectivity index (χ1n) is 6.31. The number of thiophene rings is 1. The molecule has 1 amide bonds. The van der Waals surface area contributed by atoms with Crippen molar-refractivity contribution in [3.05, 3.63) is 55.7 Å². The van der Waals surface area contributed by atoms with Crippen LogP contribution < -0.4 is 5.32 Å². The molecule has 0 saturated carbocycles. The van der Waals surface area contributed by atoms with E-state index in [0.717, 1.165) is 14.9 Å². The van der Waals surface area contributed by atoms with E-state index in [1.807, 2.05) is 30.5 Å². The summed E-state index contributed by atoms with van der Waals surface area (Å²) in [4.78, 5) is 13.3. The first-order chi connectivity index (χ1) is 10.1. The molecule has 0 unspecified atom stereocenters. The molecule has 0 atom stereocenters. The predicted octanol–water partition coefficient (Wildman–Crippen LogP) is 3.09. The van der Waals surface area contributed by atoms with Crippen molar-refractivity contribution in [2.75, 3.05) is 6.61 Å². The number of halogens is 1. The minimum absolute atomic E-state index is 0.165. The van der Waals surface area contributed by atoms with E-state index in [9.17, 15) is 4.79 Å². The van der Waals surface area contributed by atoms with Crippen LogP contribution in [0.4, 0.5) is 0 Å². The monoisotopic (exact) mass is 363 g/mol. The minimum atomic E-state index is -0.224. The number of carbonyl (C=O) groups excluding carboxylic acids is 1. The summed E-state index contributed by atoms with van der Waals surface area (Å²) in [5.41, 5.74) is 2.18. The van der Waals surface area contributed by atoms with Crippen molar-refractivity contribution in [1.82, 2.24) is 5.32 Å². The van der Waals surface area contributed by atoms with Crippen molar-refractivity contribution < 1.29 is 9.90 Å². The Morgan fingerprint density at radius 2 is 2.24 bits per heavy atom. The van der Waals surface area contributed by atoms with Crippen LogP contribution in [0.1, 0.15) is 26.4 Å². The van der Waals surface area contributed by atoms with Crippen molar-refractivity contribution in [3.63, 3.8) is 0 Å². The molecular formula is C16H14BrNO2S. The number of hydrogen-bond acceptors (Lipinski definition) is 3. The molecule has 0 saturated heterocycles. The van der Waals surface area contributed by atoms with Gasteiger partial charge in [0.05, 0.1) is 12.1 Å². The van der Waals surface area contributed by atoms with Crippen LogP contribution in [0.2, 0.25) is 0 Å². The van der Waals surface area contributed by atoms with Crippen molar-refractivity contribution in [1.29, 1.82) is 0 Å². The highest BCUT2D eigenvalue weighted by molar-refractivity contribution is 9.10. The van der Waals surface area contributed by atoms with Crippen LogP contribution in [-0.2, 0) is 6.54 Å². The van der Waals surface area contributed by atoms with Gasteiger partial charge in [0.25, 0.3) is 5.91 Å². The van der Waals surface area contributed by atoms with Crippen LogP contribution in [0.5, 0.6) is 0 Å². The zero-order valence-corrected chi connectivity index (χ0v) is 13.8. The molecule has 3 nitrogen and oxygen atoms in total. The van der Waals surface area contributed by atoms with Gasteiger partial charge in [0, 0.05) is 20.3 Å². The molecule has 0 bridgehead atoms. The van der Waals surface area contributed by atoms with Gasteiger partial charge in [-0.2, -0.15) is 0 Å². The van der Waals surface area contributed by atoms with Crippen molar-refractivity contribution in [2.45, 2.75) is 13.5 Å². The maximum atomic E-state index is 12.3. The van der Waals surface area contributed by atoms with Gasteiger partial charge >= 0.3 is 0 Å². The number of amides is 1. The second-order valence-corrected chi connectivity index (χ2v) is 6.33. The van der Waals surface area contributed by atoms with Crippen molar-refractivity contribution >= 4 is 33.2 Å². The largest absolute Gasteiger partial charge is 0.384 e. The topological polar surface area (TPSA) is 49.3 Å². The molecule has 2 aromatic rings. The number of rotatable bonds is 3. The molecule has 5 heteroatoms. The van der Waals surface area contributed by atoms with Crippen LogP contribution in [0.3, 0.4) is 0 Å². The van der Waals surface area contributed by atoms with E-state index < -0.39 is 0 Å². The number of aliphatic hydroxyl groups is 1. The third-order valence-corrected chi connectivity index (χ3v) is 4.46. The maximum Gasteiger partial charge on any atom is 0.252 e. The highest BCUT2D eigenvalue weighted by atomic mass is 79.9. The van der Waals surface area contributed by atoms with Crippen LogP contribution in [0.15, 0.2) is 34.1 Å². The maximum absolute atomic E-state index is 12.3. The summed E-state index contributed by atoms with van der Waals surface area (Å²) in [6.45, 7) is 2.20. The summed E-state index contributed by atoms with van der Waals surface area (Å²) in [6, 6.07) is 7.46. The Labute approximate surface area is 136 Å². The lowest BCUT2D eigenvalue weighted by molar-refractivity contribution is 0.0951. The second kappa shape index (κ2) is 7.41. The van der Waals surface area contributed by atoms with Crippen LogP contribution in [0.25, 0.3) is 0 Å². The molecular weight excluding hydrogens is 350 g/mol. The third kappa shape index (κ3) is 4.43. The van der Waals surface area contributed by atoms with Crippen LogP contribution in [0, 0.1) is 18.8 Å². The highest BCUT2D eigenvalue weighted by Gasteiger charge is 2.10. The Kier molecular flexibility index (Phi) is 5.57. The highest BCUT2D eigenvalue weighted by Crippen LogP contribution is 2.19. The predicted molar refractivity (Wildman–Crippen MR) is 88.3 cm³/mol. The first-order valence-corrected chi connectivity index (χ1v) is 7.99. The lowest BCUT2D eigenvalue weighted by atomic mass is 10.0. The number of aryl methyl sites for hydroxylation is 1. The summed E-state index contributed by atoms with van der Waals surface area (Å²) in [7, 11) is 0. The molecule has 0 aliphatic carbocycles. The standard InChI is InChI=1S/C16H14BrNO2S/c1-11-4-5-15(12(7-11)3-2-6-19)16(20)18-9-14-8-13(17)10-21-14/h4-5,7-8,10,19H,6,9H2,1H3,(H,18,20). The van der Waals surface area contributed by atoms with E-state index in [2.05, 4.69) is 33.1 Å². The van der Waals surface area contributed by atoms with Gasteiger partial charge in [0.2, 0.25) is 0 Å². The summed E-state index contributed by atoms with van der Waals surface area (Å²) >= 11 is 4.97. The molecule has 0 radical (unpaired) electrons. The van der Waals surface area contributed by atoms with E-state index >= 15 is 0 Å². The molecule has 2 N–H and O–H groups in total. The Hall–Kier alpha value is -1.61. The average molecular weight is 364 g/mol. The van der Waals surface area contributed by atoms with Gasteiger partial charge in [-0.1, -0.05) is 17.9 Å². The lowest BCUT2D eigenvalue weighted by Crippen LogP contribution is -2.23. The summed E-state index contributed by atoms with van der Waals surface area (Å²) in [5.74, 6) is 5.24. The zero-order chi connectivity index (χ0) is 15.2. The first kappa shape index (κ1) is 15.8. The lowest BCUT2D eigenvalue weighted by Gasteiger charge is -2.07. The third-order valence-electron chi connectivity index (χ3n) is 2.77. The Balaban J connectivity index is 2.14. The average Bonchev–Trinajstić information content (AvgIpc) is 2.88. The molecule has 1 aromatic carbocycles. The second-order valence-electron chi connectivity index (χ2n) is 4.42. The van der Waals surface area contributed by atoms with Crippen LogP contribution in [-0.4, -0.2) is 17.6 Å². The minimum Gasteiger partial charge on any atom is -0.384 e. The summed E-state index contributed by atoms with van der Waals surface area (Å²) < 4.78 is 1.02. The van der Waals surface area contributed by atoms with E-state index in [1.54, 1.807) is 17.4 Å². The van der Waals surface area contributed by atoms with E-state index in [1.165, 1.54) is 0 Å². The fourth-order valence-electron chi connectivity index (χ4n) is 1.80. The molecule has 0 aliphatic rings. The van der Waals surface area contributed by atoms with Gasteiger partial charge in [-0.25, -0.2) is 0 Å². The number of hydrogen-bond donors (Lipinski definition) is 2. The molecule has 2 rings (SSSR count).